The maximum atomic E-state index is 12.2. The summed E-state index contributed by atoms with van der Waals surface area (Å²) >= 11 is 2.86. The molecule has 0 spiro atoms. The van der Waals surface area contributed by atoms with Crippen molar-refractivity contribution in [2.24, 2.45) is 0 Å². The molecule has 2 aromatic carbocycles. The van der Waals surface area contributed by atoms with E-state index in [0.717, 1.165) is 28.0 Å². The van der Waals surface area contributed by atoms with Crippen LogP contribution < -0.4 is 10.6 Å². The number of aryl methyl sites for hydroxylation is 2. The zero-order valence-corrected chi connectivity index (χ0v) is 17.6. The van der Waals surface area contributed by atoms with Gasteiger partial charge in [-0.25, -0.2) is 0 Å². The van der Waals surface area contributed by atoms with E-state index in [1.165, 1.54) is 34.2 Å². The van der Waals surface area contributed by atoms with E-state index in [4.69, 9.17) is 0 Å². The maximum Gasteiger partial charge on any atom is 0.230 e. The molecule has 146 valence electrons. The Morgan fingerprint density at radius 1 is 1.14 bits per heavy atom. The number of amides is 1. The molecule has 0 saturated heterocycles. The molecule has 3 aromatic rings. The molecule has 0 radical (unpaired) electrons. The van der Waals surface area contributed by atoms with E-state index in [9.17, 15) is 4.79 Å². The molecule has 0 bridgehead atoms. The Labute approximate surface area is 174 Å². The maximum absolute atomic E-state index is 12.2. The number of nitrogens with one attached hydrogen (secondary N) is 2. The largest absolute Gasteiger partial charge is 0.353 e. The Bertz CT molecular complexity index is 898. The van der Waals surface area contributed by atoms with Crippen molar-refractivity contribution in [2.75, 3.05) is 11.1 Å². The number of carbonyl (C=O) groups excluding carboxylic acids is 1. The van der Waals surface area contributed by atoms with Crippen molar-refractivity contribution >= 4 is 39.8 Å². The number of benzene rings is 2. The molecule has 0 fully saturated rings. The van der Waals surface area contributed by atoms with Gasteiger partial charge in [-0.15, -0.1) is 10.2 Å². The van der Waals surface area contributed by atoms with Gasteiger partial charge in [0.1, 0.15) is 0 Å². The molecule has 1 aromatic heterocycles. The highest BCUT2D eigenvalue weighted by Gasteiger charge is 2.11. The first-order chi connectivity index (χ1) is 13.6. The van der Waals surface area contributed by atoms with Crippen LogP contribution in [0.5, 0.6) is 0 Å². The Morgan fingerprint density at radius 2 is 1.96 bits per heavy atom. The van der Waals surface area contributed by atoms with E-state index in [2.05, 4.69) is 39.0 Å². The van der Waals surface area contributed by atoms with Gasteiger partial charge in [0, 0.05) is 11.7 Å². The number of hydrogen-bond acceptors (Lipinski definition) is 6. The lowest BCUT2D eigenvalue weighted by Gasteiger charge is -2.13. The Balaban J connectivity index is 1.40. The molecule has 1 heterocycles. The number of aromatic nitrogens is 2. The molecule has 3 rings (SSSR count). The summed E-state index contributed by atoms with van der Waals surface area (Å²) in [6.45, 7) is 4.09. The monoisotopic (exact) mass is 412 g/mol. The summed E-state index contributed by atoms with van der Waals surface area (Å²) in [6, 6.07) is 18.6. The first-order valence-corrected chi connectivity index (χ1v) is 11.0. The average molecular weight is 413 g/mol. The lowest BCUT2D eigenvalue weighted by atomic mass is 10.1. The summed E-state index contributed by atoms with van der Waals surface area (Å²) < 4.78 is 0.780. The topological polar surface area (TPSA) is 66.9 Å². The highest BCUT2D eigenvalue weighted by Crippen LogP contribution is 2.27. The normalized spacial score (nSPS) is 11.8. The highest BCUT2D eigenvalue weighted by molar-refractivity contribution is 8.01. The molecular formula is C21H24N4OS2. The zero-order chi connectivity index (χ0) is 19.8. The van der Waals surface area contributed by atoms with Crippen molar-refractivity contribution in [3.63, 3.8) is 0 Å². The van der Waals surface area contributed by atoms with Crippen LogP contribution >= 0.6 is 23.1 Å². The van der Waals surface area contributed by atoms with Crippen LogP contribution in [-0.2, 0) is 11.2 Å². The van der Waals surface area contributed by atoms with Crippen molar-refractivity contribution in [3.05, 3.63) is 65.7 Å². The quantitative estimate of drug-likeness (QED) is 0.493. The van der Waals surface area contributed by atoms with Gasteiger partial charge in [0.25, 0.3) is 0 Å². The zero-order valence-electron chi connectivity index (χ0n) is 16.0. The van der Waals surface area contributed by atoms with Gasteiger partial charge in [-0.2, -0.15) is 0 Å². The van der Waals surface area contributed by atoms with E-state index < -0.39 is 0 Å². The van der Waals surface area contributed by atoms with Crippen LogP contribution in [0.1, 0.15) is 24.5 Å². The van der Waals surface area contributed by atoms with Gasteiger partial charge in [-0.05, 0) is 49.9 Å². The number of hydrogen-bond donors (Lipinski definition) is 2. The molecule has 7 heteroatoms. The summed E-state index contributed by atoms with van der Waals surface area (Å²) in [5, 5.41) is 15.3. The minimum absolute atomic E-state index is 0.0222. The molecule has 0 aliphatic carbocycles. The second kappa shape index (κ2) is 10.2. The third kappa shape index (κ3) is 6.65. The molecule has 5 nitrogen and oxygen atoms in total. The van der Waals surface area contributed by atoms with E-state index in [1.807, 2.05) is 50.2 Å². The molecule has 0 aliphatic heterocycles. The van der Waals surface area contributed by atoms with Gasteiger partial charge in [0.15, 0.2) is 4.34 Å². The van der Waals surface area contributed by atoms with Crippen molar-refractivity contribution in [2.45, 2.75) is 37.1 Å². The third-order valence-corrected chi connectivity index (χ3v) is 6.09. The Kier molecular flexibility index (Phi) is 7.45. The summed E-state index contributed by atoms with van der Waals surface area (Å²) in [4.78, 5) is 12.2. The first kappa shape index (κ1) is 20.4. The molecule has 0 aliphatic rings. The van der Waals surface area contributed by atoms with Gasteiger partial charge in [-0.3, -0.25) is 4.79 Å². The Morgan fingerprint density at radius 3 is 2.75 bits per heavy atom. The van der Waals surface area contributed by atoms with Gasteiger partial charge in [-0.1, -0.05) is 65.6 Å². The van der Waals surface area contributed by atoms with Crippen LogP contribution in [0.25, 0.3) is 0 Å². The fraction of sp³-hybridized carbons (Fsp3) is 0.286. The van der Waals surface area contributed by atoms with Crippen LogP contribution in [0.4, 0.5) is 10.8 Å². The molecule has 28 heavy (non-hydrogen) atoms. The van der Waals surface area contributed by atoms with Crippen LogP contribution in [0, 0.1) is 6.92 Å². The van der Waals surface area contributed by atoms with Gasteiger partial charge in [0.2, 0.25) is 11.0 Å². The second-order valence-corrected chi connectivity index (χ2v) is 8.85. The summed E-state index contributed by atoms with van der Waals surface area (Å²) in [7, 11) is 0. The summed E-state index contributed by atoms with van der Waals surface area (Å²) in [6.07, 6.45) is 1.88. The molecule has 1 atom stereocenters. The van der Waals surface area contributed by atoms with Gasteiger partial charge >= 0.3 is 0 Å². The van der Waals surface area contributed by atoms with Crippen molar-refractivity contribution < 1.29 is 4.79 Å². The fourth-order valence-electron chi connectivity index (χ4n) is 2.71. The van der Waals surface area contributed by atoms with Crippen LogP contribution in [-0.4, -0.2) is 27.9 Å². The van der Waals surface area contributed by atoms with E-state index in [1.54, 1.807) is 0 Å². The average Bonchev–Trinajstić information content (AvgIpc) is 3.13. The molecule has 0 unspecified atom stereocenters. The molecule has 1 amide bonds. The second-order valence-electron chi connectivity index (χ2n) is 6.65. The number of rotatable bonds is 9. The fourth-order valence-corrected chi connectivity index (χ4v) is 4.29. The lowest BCUT2D eigenvalue weighted by Crippen LogP contribution is -2.34. The minimum Gasteiger partial charge on any atom is -0.353 e. The highest BCUT2D eigenvalue weighted by atomic mass is 32.2. The Hall–Kier alpha value is -2.38. The summed E-state index contributed by atoms with van der Waals surface area (Å²) in [5.74, 6) is 0.364. The first-order valence-electron chi connectivity index (χ1n) is 9.22. The van der Waals surface area contributed by atoms with Crippen LogP contribution in [0.2, 0.25) is 0 Å². The van der Waals surface area contributed by atoms with Crippen molar-refractivity contribution in [1.82, 2.24) is 15.5 Å². The van der Waals surface area contributed by atoms with Crippen molar-refractivity contribution in [3.8, 4) is 0 Å². The van der Waals surface area contributed by atoms with E-state index >= 15 is 0 Å². The number of carbonyl (C=O) groups is 1. The van der Waals surface area contributed by atoms with E-state index in [0.29, 0.717) is 5.75 Å². The predicted octanol–water partition coefficient (Wildman–Crippen LogP) is 4.82. The van der Waals surface area contributed by atoms with Gasteiger partial charge < -0.3 is 10.6 Å². The molecule has 0 saturated carbocycles. The standard InChI is InChI=1S/C21H24N4OS2/c1-15-7-6-10-18(13-15)23-20-24-25-21(28-20)27-14-19(26)22-16(2)11-12-17-8-4-3-5-9-17/h3-10,13,16H,11-12,14H2,1-2H3,(H,22,26)(H,23,24)/t16-/m0/s1. The lowest BCUT2D eigenvalue weighted by molar-refractivity contribution is -0.119. The van der Waals surface area contributed by atoms with E-state index in [-0.39, 0.29) is 11.9 Å². The SMILES string of the molecule is Cc1cccc(Nc2nnc(SCC(=O)N[C@@H](C)CCc3ccccc3)s2)c1. The third-order valence-electron chi connectivity index (χ3n) is 4.12. The number of thioether (sulfide) groups is 1. The molecular weight excluding hydrogens is 388 g/mol. The smallest absolute Gasteiger partial charge is 0.230 e. The number of anilines is 2. The van der Waals surface area contributed by atoms with Gasteiger partial charge in [0.05, 0.1) is 5.75 Å². The van der Waals surface area contributed by atoms with Crippen LogP contribution in [0.3, 0.4) is 0 Å². The van der Waals surface area contributed by atoms with Crippen LogP contribution in [0.15, 0.2) is 58.9 Å². The summed E-state index contributed by atoms with van der Waals surface area (Å²) in [5.41, 5.74) is 3.46. The number of nitrogens with zero attached hydrogens (tertiary/aromatic N) is 2. The molecule has 2 N–H and O–H groups in total. The van der Waals surface area contributed by atoms with Crippen molar-refractivity contribution in [1.29, 1.82) is 0 Å². The minimum atomic E-state index is 0.0222. The predicted molar refractivity (Wildman–Crippen MR) is 117 cm³/mol.